The molecule has 4 nitrogen and oxygen atoms in total. The summed E-state index contributed by atoms with van der Waals surface area (Å²) in [4.78, 5) is 0. The van der Waals surface area contributed by atoms with E-state index in [0.29, 0.717) is 17.0 Å². The van der Waals surface area contributed by atoms with Crippen LogP contribution in [0.3, 0.4) is 0 Å². The van der Waals surface area contributed by atoms with Crippen LogP contribution >= 0.6 is 11.6 Å². The fourth-order valence-electron chi connectivity index (χ4n) is 1.58. The van der Waals surface area contributed by atoms with Crippen molar-refractivity contribution in [2.24, 2.45) is 0 Å². The van der Waals surface area contributed by atoms with Crippen molar-refractivity contribution in [2.75, 3.05) is 0 Å². The molecule has 1 aromatic carbocycles. The van der Waals surface area contributed by atoms with Crippen LogP contribution in [0.5, 0.6) is 0 Å². The molecule has 0 spiro atoms. The summed E-state index contributed by atoms with van der Waals surface area (Å²) in [7, 11) is 0. The summed E-state index contributed by atoms with van der Waals surface area (Å²) in [5, 5.41) is 12.0. The molecule has 0 saturated carbocycles. The Bertz CT molecular complexity index is 741. The second kappa shape index (κ2) is 3.99. The lowest BCUT2D eigenvalue weighted by molar-refractivity contribution is 0.509. The molecule has 0 fully saturated rings. The van der Waals surface area contributed by atoms with Crippen molar-refractivity contribution in [2.45, 2.75) is 0 Å². The first-order valence-electron chi connectivity index (χ1n) is 4.98. The second-order valence-corrected chi connectivity index (χ2v) is 3.97. The van der Waals surface area contributed by atoms with Gasteiger partial charge in [-0.3, -0.25) is 0 Å². The average Bonchev–Trinajstić information content (AvgIpc) is 2.75. The van der Waals surface area contributed by atoms with Crippen LogP contribution in [0.2, 0.25) is 5.15 Å². The van der Waals surface area contributed by atoms with E-state index in [9.17, 15) is 8.78 Å². The Morgan fingerprint density at radius 3 is 2.61 bits per heavy atom. The summed E-state index contributed by atoms with van der Waals surface area (Å²) < 4.78 is 27.4. The summed E-state index contributed by atoms with van der Waals surface area (Å²) >= 11 is 5.77. The average molecular weight is 267 g/mol. The molecule has 0 bridgehead atoms. The molecular formula is C11H5ClF2N4. The Morgan fingerprint density at radius 2 is 1.83 bits per heavy atom. The van der Waals surface area contributed by atoms with Gasteiger partial charge < -0.3 is 0 Å². The van der Waals surface area contributed by atoms with Crippen molar-refractivity contribution < 1.29 is 8.78 Å². The highest BCUT2D eigenvalue weighted by atomic mass is 35.5. The SMILES string of the molecule is Fc1ccc(-c2nnc3ccc(Cl)nn23)cc1F. The number of nitrogens with zero attached hydrogens (tertiary/aromatic N) is 4. The van der Waals surface area contributed by atoms with Gasteiger partial charge in [-0.25, -0.2) is 8.78 Å². The standard InChI is InChI=1S/C11H5ClF2N4/c12-9-3-4-10-15-16-11(18(10)17-9)6-1-2-7(13)8(14)5-6/h1-5H. The maximum absolute atomic E-state index is 13.2. The zero-order chi connectivity index (χ0) is 12.7. The molecule has 0 unspecified atom stereocenters. The smallest absolute Gasteiger partial charge is 0.185 e. The molecule has 2 heterocycles. The minimum atomic E-state index is -0.953. The van der Waals surface area contributed by atoms with Crippen LogP contribution in [0.25, 0.3) is 17.0 Å². The highest BCUT2D eigenvalue weighted by molar-refractivity contribution is 6.29. The van der Waals surface area contributed by atoms with Crippen LogP contribution in [-0.4, -0.2) is 19.8 Å². The molecule has 0 atom stereocenters. The highest BCUT2D eigenvalue weighted by Crippen LogP contribution is 2.20. The topological polar surface area (TPSA) is 43.1 Å². The van der Waals surface area contributed by atoms with Crippen molar-refractivity contribution in [1.29, 1.82) is 0 Å². The summed E-state index contributed by atoms with van der Waals surface area (Å²) in [6, 6.07) is 6.66. The number of rotatable bonds is 1. The number of hydrogen-bond acceptors (Lipinski definition) is 3. The van der Waals surface area contributed by atoms with Crippen LogP contribution in [0.15, 0.2) is 30.3 Å². The molecule has 3 rings (SSSR count). The summed E-state index contributed by atoms with van der Waals surface area (Å²) in [5.74, 6) is -1.57. The molecule has 0 amide bonds. The molecule has 0 saturated heterocycles. The van der Waals surface area contributed by atoms with E-state index in [4.69, 9.17) is 11.6 Å². The number of halogens is 3. The third-order valence-electron chi connectivity index (χ3n) is 2.41. The fraction of sp³-hybridized carbons (Fsp3) is 0. The van der Waals surface area contributed by atoms with E-state index in [-0.39, 0.29) is 5.15 Å². The molecule has 0 aliphatic carbocycles. The number of aromatic nitrogens is 4. The van der Waals surface area contributed by atoms with Crippen LogP contribution < -0.4 is 0 Å². The molecule has 0 aliphatic heterocycles. The van der Waals surface area contributed by atoms with Crippen molar-refractivity contribution in [3.8, 4) is 11.4 Å². The lowest BCUT2D eigenvalue weighted by Gasteiger charge is -2.00. The van der Waals surface area contributed by atoms with Crippen LogP contribution in [0, 0.1) is 11.6 Å². The Labute approximate surface area is 105 Å². The molecule has 90 valence electrons. The highest BCUT2D eigenvalue weighted by Gasteiger charge is 2.12. The number of hydrogen-bond donors (Lipinski definition) is 0. The van der Waals surface area contributed by atoms with Crippen molar-refractivity contribution in [1.82, 2.24) is 19.8 Å². The lowest BCUT2D eigenvalue weighted by atomic mass is 10.2. The van der Waals surface area contributed by atoms with Gasteiger partial charge >= 0.3 is 0 Å². The normalized spacial score (nSPS) is 11.1. The van der Waals surface area contributed by atoms with E-state index in [1.807, 2.05) is 0 Å². The van der Waals surface area contributed by atoms with Gasteiger partial charge in [0.1, 0.15) is 5.15 Å². The molecule has 0 aliphatic rings. The molecule has 0 radical (unpaired) electrons. The molecule has 2 aromatic heterocycles. The van der Waals surface area contributed by atoms with Gasteiger partial charge in [-0.05, 0) is 30.3 Å². The van der Waals surface area contributed by atoms with E-state index in [0.717, 1.165) is 12.1 Å². The molecule has 0 N–H and O–H groups in total. The van der Waals surface area contributed by atoms with E-state index in [1.54, 1.807) is 12.1 Å². The first-order valence-corrected chi connectivity index (χ1v) is 5.36. The number of benzene rings is 1. The summed E-state index contributed by atoms with van der Waals surface area (Å²) in [5.41, 5.74) is 0.843. The van der Waals surface area contributed by atoms with E-state index in [1.165, 1.54) is 10.6 Å². The summed E-state index contributed by atoms with van der Waals surface area (Å²) in [6.45, 7) is 0. The maximum atomic E-state index is 13.2. The third-order valence-corrected chi connectivity index (χ3v) is 2.61. The predicted octanol–water partition coefficient (Wildman–Crippen LogP) is 2.72. The zero-order valence-electron chi connectivity index (χ0n) is 8.81. The second-order valence-electron chi connectivity index (χ2n) is 3.58. The monoisotopic (exact) mass is 266 g/mol. The quantitative estimate of drug-likeness (QED) is 0.680. The van der Waals surface area contributed by atoms with Crippen molar-refractivity contribution >= 4 is 17.2 Å². The van der Waals surface area contributed by atoms with Crippen LogP contribution in [0.4, 0.5) is 8.78 Å². The van der Waals surface area contributed by atoms with Gasteiger partial charge in [0, 0.05) is 5.56 Å². The van der Waals surface area contributed by atoms with Gasteiger partial charge in [-0.1, -0.05) is 11.6 Å². The number of fused-ring (bicyclic) bond motifs is 1. The Kier molecular flexibility index (Phi) is 2.45. The van der Waals surface area contributed by atoms with Gasteiger partial charge in [-0.2, -0.15) is 9.61 Å². The Morgan fingerprint density at radius 1 is 1.00 bits per heavy atom. The maximum Gasteiger partial charge on any atom is 0.185 e. The lowest BCUT2D eigenvalue weighted by Crippen LogP contribution is -1.96. The van der Waals surface area contributed by atoms with Crippen molar-refractivity contribution in [3.63, 3.8) is 0 Å². The van der Waals surface area contributed by atoms with E-state index < -0.39 is 11.6 Å². The third kappa shape index (κ3) is 1.70. The molecule has 7 heteroatoms. The fourth-order valence-corrected chi connectivity index (χ4v) is 1.72. The van der Waals surface area contributed by atoms with Gasteiger partial charge in [0.2, 0.25) is 0 Å². The van der Waals surface area contributed by atoms with Crippen LogP contribution in [-0.2, 0) is 0 Å². The van der Waals surface area contributed by atoms with Crippen molar-refractivity contribution in [3.05, 3.63) is 47.1 Å². The summed E-state index contributed by atoms with van der Waals surface area (Å²) in [6.07, 6.45) is 0. The Hall–Kier alpha value is -2.08. The van der Waals surface area contributed by atoms with Gasteiger partial charge in [0.25, 0.3) is 0 Å². The first kappa shape index (κ1) is 11.0. The predicted molar refractivity (Wildman–Crippen MR) is 61.1 cm³/mol. The van der Waals surface area contributed by atoms with E-state index in [2.05, 4.69) is 15.3 Å². The van der Waals surface area contributed by atoms with E-state index >= 15 is 0 Å². The van der Waals surface area contributed by atoms with Gasteiger partial charge in [-0.15, -0.1) is 10.2 Å². The minimum absolute atomic E-state index is 0.256. The zero-order valence-corrected chi connectivity index (χ0v) is 9.57. The first-order chi connectivity index (χ1) is 8.65. The minimum Gasteiger partial charge on any atom is -0.204 e. The largest absolute Gasteiger partial charge is 0.204 e. The molecule has 18 heavy (non-hydrogen) atoms. The Balaban J connectivity index is 2.24. The molecule has 3 aromatic rings. The van der Waals surface area contributed by atoms with Gasteiger partial charge in [0.15, 0.2) is 23.1 Å². The molecular weight excluding hydrogens is 262 g/mol. The van der Waals surface area contributed by atoms with Gasteiger partial charge in [0.05, 0.1) is 0 Å². The van der Waals surface area contributed by atoms with Crippen LogP contribution in [0.1, 0.15) is 0 Å².